The summed E-state index contributed by atoms with van der Waals surface area (Å²) in [6.45, 7) is 44.1. The molecule has 7 amide bonds. The molecule has 10 heterocycles. The van der Waals surface area contributed by atoms with Crippen molar-refractivity contribution in [2.45, 2.75) is 255 Å². The number of hydrogen-bond acceptors (Lipinski definition) is 29. The Balaban J connectivity index is 0.000000321. The minimum atomic E-state index is -1.82. The zero-order valence-electron chi connectivity index (χ0n) is 79.0. The summed E-state index contributed by atoms with van der Waals surface area (Å²) >= 11 is 3.37. The number of β-amino-alcohol motifs (C(OH)–C–C–N with tert-alkyl or cyclic N) is 2. The summed E-state index contributed by atoms with van der Waals surface area (Å²) in [5.41, 5.74) is 26.9. The van der Waals surface area contributed by atoms with Gasteiger partial charge in [-0.3, -0.25) is 44.8 Å². The number of hydrazone groups is 1. The zero-order valence-corrected chi connectivity index (χ0v) is 80.5. The summed E-state index contributed by atoms with van der Waals surface area (Å²) in [5.74, 6) is -0.343. The maximum absolute atomic E-state index is 13.2. The van der Waals surface area contributed by atoms with Crippen LogP contribution in [0.2, 0.25) is 0 Å². The Hall–Kier alpha value is -11.0. The highest BCUT2D eigenvalue weighted by molar-refractivity contribution is 9.10. The van der Waals surface area contributed by atoms with Crippen LogP contribution >= 0.6 is 15.9 Å². The number of aliphatic hydroxyl groups is 2. The highest BCUT2D eigenvalue weighted by Crippen LogP contribution is 2.39. The summed E-state index contributed by atoms with van der Waals surface area (Å²) in [7, 11) is 3.26. The van der Waals surface area contributed by atoms with E-state index in [0.29, 0.717) is 90.5 Å². The van der Waals surface area contributed by atoms with E-state index in [0.717, 1.165) is 46.5 Å². The Morgan fingerprint density at radius 1 is 0.485 bits per heavy atom. The molecule has 130 heavy (non-hydrogen) atoms. The van der Waals surface area contributed by atoms with Crippen LogP contribution in [0.1, 0.15) is 235 Å². The lowest BCUT2D eigenvalue weighted by molar-refractivity contribution is -0.201. The molecule has 0 bridgehead atoms. The van der Waals surface area contributed by atoms with Gasteiger partial charge in [0.2, 0.25) is 41.4 Å². The normalized spacial score (nSPS) is 21.1. The maximum Gasteiger partial charge on any atom is 0.414 e. The van der Waals surface area contributed by atoms with Crippen LogP contribution in [0.15, 0.2) is 86.8 Å². The number of ether oxygens (including phenoxy) is 2. The standard InChI is InChI=1S/C17H29N5O2.C15H23N3O3.C15H21N3O2.C14H21N3O4.C14H20N2O5.C10H13BrO2.C2H8N2.C2H2O4/c1-6-19-20-16(18)13-7-11(4)9-22(13)17(23)15(10(2)3)14-8-12(5)21-24-14;1-8(2)13(12-6-10(4)17-21-12)15(20)18-7-9(3)5-11(18)14(16)19;1-9(2)14(13-6-11(4)17-20-13)15(19)18-8-10(3)5-12(18)7-16;1-7(2)12(11-4-8(3)16-21-11)14(20)17-6-9(18)5-10(17)13(15)19;1-7(2)12(11-4-8(3)15-21-11)13(18)16-6-9(17)5-10(16)14(19)20;1-10(12-2,13-3)8-4-6-9(11)7-5-8;1-2-4-3;3-1(4)2(5)6/h8,10-11,13,15,19H,6-7,9H2,1-5H3,(H2,18,20);6,8-9,11,13H,5,7H2,1-4H3,(H2,16,19);6,9-10,12,14H,5,8H2,1-4H3;4,7,9-10,12,18H,5-6H2,1-3H3,(H2,15,19);4,7,9-10,12,17H,5-6H2,1-3H3,(H,19,20);4-7H,1-3H3;4H,2-3H2,1H3;(H,3,4)(H,5,6)/t11-,13+,15-;9-,11+,13?;10-,12+,14?;2*9-,10+,12?;;;/m11111.../s1. The number of methoxy groups -OCH3 is 2. The van der Waals surface area contributed by atoms with Crippen molar-refractivity contribution >= 4 is 81.0 Å². The van der Waals surface area contributed by atoms with E-state index in [-0.39, 0.29) is 115 Å². The van der Waals surface area contributed by atoms with Crippen molar-refractivity contribution in [3.05, 3.63) is 122 Å². The Labute approximate surface area is 768 Å². The number of aliphatic hydroxyl groups excluding tert-OH is 2. The molecule has 0 radical (unpaired) electrons. The van der Waals surface area contributed by atoms with Gasteiger partial charge in [-0.05, 0) is 127 Å². The predicted octanol–water partition coefficient (Wildman–Crippen LogP) is 8.25. The molecule has 5 aliphatic heterocycles. The molecule has 6 aromatic rings. The highest BCUT2D eigenvalue weighted by atomic mass is 79.9. The quantitative estimate of drug-likeness (QED) is 0.00641. The number of carboxylic acids is 3. The minimum Gasteiger partial charge on any atom is -0.480 e. The number of aromatic nitrogens is 5. The van der Waals surface area contributed by atoms with Crippen LogP contribution in [0.4, 0.5) is 0 Å². The lowest BCUT2D eigenvalue weighted by atomic mass is 9.91. The summed E-state index contributed by atoms with van der Waals surface area (Å²) in [6, 6.07) is 16.2. The number of likely N-dealkylation sites (tertiary alicyclic amines) is 5. The lowest BCUT2D eigenvalue weighted by Crippen LogP contribution is -2.47. The molecule has 0 saturated carbocycles. The zero-order chi connectivity index (χ0) is 98.4. The van der Waals surface area contributed by atoms with E-state index in [2.05, 4.69) is 77.6 Å². The van der Waals surface area contributed by atoms with Crippen LogP contribution < -0.4 is 33.9 Å². The molecule has 0 aliphatic carbocycles. The number of hydrazine groups is 1. The Kier molecular flexibility index (Phi) is 44.6. The van der Waals surface area contributed by atoms with Crippen LogP contribution in [-0.2, 0) is 63.2 Å². The van der Waals surface area contributed by atoms with Crippen molar-refractivity contribution in [3.8, 4) is 6.07 Å². The number of carbonyl (C=O) groups excluding carboxylic acids is 7. The van der Waals surface area contributed by atoms with Crippen LogP contribution in [-0.4, -0.2) is 243 Å². The van der Waals surface area contributed by atoms with E-state index in [1.165, 1.54) is 9.80 Å². The number of carboxylic acid groups (broad SMARTS) is 3. The number of aliphatic carboxylic acids is 3. The number of nitrogens with two attached hydrogens (primary N) is 4. The van der Waals surface area contributed by atoms with E-state index in [9.17, 15) is 58.9 Å². The summed E-state index contributed by atoms with van der Waals surface area (Å²) in [6.07, 6.45) is 0.911. The van der Waals surface area contributed by atoms with Gasteiger partial charge in [0.15, 0.2) is 5.79 Å². The highest BCUT2D eigenvalue weighted by Gasteiger charge is 2.48. The number of halogens is 1. The fourth-order valence-electron chi connectivity index (χ4n) is 15.7. The van der Waals surface area contributed by atoms with E-state index in [1.54, 1.807) is 56.1 Å². The van der Waals surface area contributed by atoms with Crippen molar-refractivity contribution in [3.63, 3.8) is 0 Å². The Morgan fingerprint density at radius 2 is 0.762 bits per heavy atom. The molecule has 4 unspecified atom stereocenters. The van der Waals surface area contributed by atoms with Crippen LogP contribution in [0.5, 0.6) is 0 Å². The largest absolute Gasteiger partial charge is 0.480 e. The average Bonchev–Trinajstić information content (AvgIpc) is 1.66. The van der Waals surface area contributed by atoms with Crippen LogP contribution in [0, 0.1) is 93.3 Å². The third-order valence-corrected chi connectivity index (χ3v) is 22.8. The topological polar surface area (TPSA) is 601 Å². The number of nitrogens with zero attached hydrogens (tertiary/aromatic N) is 12. The van der Waals surface area contributed by atoms with Crippen LogP contribution in [0.25, 0.3) is 0 Å². The number of carbonyl (C=O) groups is 10. The predicted molar refractivity (Wildman–Crippen MR) is 480 cm³/mol. The van der Waals surface area contributed by atoms with Crippen molar-refractivity contribution in [1.82, 2.24) is 61.1 Å². The smallest absolute Gasteiger partial charge is 0.414 e. The first kappa shape index (κ1) is 111. The molecule has 5 saturated heterocycles. The molecule has 5 aliphatic rings. The molecule has 41 heteroatoms. The molecular weight excluding hydrogens is 1750 g/mol. The number of nitriles is 1. The van der Waals surface area contributed by atoms with E-state index in [4.69, 9.17) is 74.9 Å². The van der Waals surface area contributed by atoms with Gasteiger partial charge in [-0.25, -0.2) is 14.4 Å². The molecule has 722 valence electrons. The number of rotatable bonds is 25. The van der Waals surface area contributed by atoms with Gasteiger partial charge in [-0.15, -0.1) is 0 Å². The number of nitrogens with one attached hydrogen (secondary N) is 2. The minimum absolute atomic E-state index is 0.0212. The summed E-state index contributed by atoms with van der Waals surface area (Å²) in [5, 5.41) is 76.1. The first-order valence-corrected chi connectivity index (χ1v) is 44.3. The third-order valence-electron chi connectivity index (χ3n) is 22.3. The van der Waals surface area contributed by atoms with Gasteiger partial charge in [-0.1, -0.05) is 151 Å². The monoisotopic (exact) mass is 1890 g/mol. The second-order valence-electron chi connectivity index (χ2n) is 35.1. The SMILES string of the molecule is CCNN.CCNN=C(N)[C@@H]1C[C@@H](C)CN1C(=O)[C@@H](c1cc(C)no1)C(C)C.COC(C)(OC)c1ccc(Br)cc1.Cc1cc(C(C(=O)N2C[C@H](C)C[C@H]2C#N)C(C)C)on1.Cc1cc(C(C(=O)N2C[C@H](C)C[C@H]2C(N)=O)C(C)C)on1.Cc1cc(C(C(=O)N2C[C@H](O)C[C@H]2C(=O)O)C(C)C)on1.Cc1cc(C(C(=O)N2C[C@H](O)C[C@H]2C(N)=O)C(C)C)on1.O=C(O)C(=O)O. The van der Waals surface area contributed by atoms with Gasteiger partial charge < -0.3 is 105 Å². The molecule has 1 aromatic carbocycles. The molecule has 5 aromatic heterocycles. The Bertz CT molecular complexity index is 4460. The number of benzene rings is 1. The second kappa shape index (κ2) is 52.1. The molecule has 15 atom stereocenters. The van der Waals surface area contributed by atoms with Gasteiger partial charge in [-0.2, -0.15) is 10.4 Å². The van der Waals surface area contributed by atoms with E-state index in [1.807, 2.05) is 159 Å². The lowest BCUT2D eigenvalue weighted by Gasteiger charge is -2.29. The van der Waals surface area contributed by atoms with Gasteiger partial charge >= 0.3 is 17.9 Å². The van der Waals surface area contributed by atoms with Gasteiger partial charge in [0, 0.05) is 113 Å². The van der Waals surface area contributed by atoms with Gasteiger partial charge in [0.1, 0.15) is 88.4 Å². The van der Waals surface area contributed by atoms with Crippen molar-refractivity contribution in [2.24, 2.45) is 75.5 Å². The molecule has 5 fully saturated rings. The molecule has 15 N–H and O–H groups in total. The number of primary amides is 2. The fraction of sp³-hybridized carbons (Fsp3) is 0.629. The number of amidine groups is 1. The number of amides is 7. The van der Waals surface area contributed by atoms with Crippen molar-refractivity contribution in [2.75, 3.05) is 60.0 Å². The maximum atomic E-state index is 13.2. The fourth-order valence-corrected chi connectivity index (χ4v) is 16.0. The Morgan fingerprint density at radius 3 is 1.03 bits per heavy atom. The van der Waals surface area contributed by atoms with Crippen LogP contribution in [0.3, 0.4) is 0 Å². The average molecular weight is 1890 g/mol. The molecule has 0 spiro atoms. The van der Waals surface area contributed by atoms with Gasteiger partial charge in [0.25, 0.3) is 0 Å². The number of hydrogen-bond donors (Lipinski definition) is 11. The van der Waals surface area contributed by atoms with Crippen molar-refractivity contribution < 1.29 is 106 Å². The molecular formula is C89H137BrN18O22. The molecule has 40 nitrogen and oxygen atoms in total. The summed E-state index contributed by atoms with van der Waals surface area (Å²) < 4.78 is 37.9. The first-order chi connectivity index (χ1) is 60.9. The second-order valence-corrected chi connectivity index (χ2v) is 36.1. The third kappa shape index (κ3) is 31.6. The first-order valence-electron chi connectivity index (χ1n) is 43.5. The summed E-state index contributed by atoms with van der Waals surface area (Å²) in [4.78, 5) is 125. The number of aryl methyl sites for hydroxylation is 5. The van der Waals surface area contributed by atoms with E-state index < -0.39 is 83.6 Å². The van der Waals surface area contributed by atoms with Gasteiger partial charge in [0.05, 0.1) is 52.8 Å². The molecule has 11 rings (SSSR count). The van der Waals surface area contributed by atoms with E-state index >= 15 is 0 Å². The van der Waals surface area contributed by atoms with Crippen molar-refractivity contribution in [1.29, 1.82) is 5.26 Å².